The Labute approximate surface area is 81.0 Å². The Balaban J connectivity index is 1.98. The molecule has 0 aliphatic rings. The van der Waals surface area contributed by atoms with Gasteiger partial charge in [0.2, 0.25) is 5.95 Å². The van der Waals surface area contributed by atoms with Gasteiger partial charge in [0.25, 0.3) is 0 Å². The maximum atomic E-state index is 5.50. The summed E-state index contributed by atoms with van der Waals surface area (Å²) in [5.74, 6) is 0.973. The van der Waals surface area contributed by atoms with Crippen LogP contribution in [0.1, 0.15) is 5.56 Å². The average molecular weight is 190 g/mol. The molecule has 2 heterocycles. The molecule has 0 aliphatic carbocycles. The monoisotopic (exact) mass is 190 g/mol. The summed E-state index contributed by atoms with van der Waals surface area (Å²) >= 11 is 0. The van der Waals surface area contributed by atoms with E-state index in [1.165, 1.54) is 0 Å². The highest BCUT2D eigenvalue weighted by Crippen LogP contribution is 2.05. The maximum Gasteiger partial charge on any atom is 0.224 e. The molecule has 0 atom stereocenters. The van der Waals surface area contributed by atoms with Crippen LogP contribution in [0.4, 0.5) is 11.8 Å². The van der Waals surface area contributed by atoms with E-state index in [1.807, 2.05) is 6.07 Å². The van der Waals surface area contributed by atoms with Gasteiger partial charge in [0.15, 0.2) is 0 Å². The molecule has 2 rings (SSSR count). The van der Waals surface area contributed by atoms with Crippen LogP contribution in [-0.2, 0) is 6.54 Å². The highest BCUT2D eigenvalue weighted by atomic mass is 16.3. The van der Waals surface area contributed by atoms with Crippen LogP contribution < -0.4 is 11.1 Å². The van der Waals surface area contributed by atoms with E-state index in [9.17, 15) is 0 Å². The van der Waals surface area contributed by atoms with Crippen molar-refractivity contribution in [1.29, 1.82) is 0 Å². The number of nitrogen functional groups attached to an aromatic ring is 1. The van der Waals surface area contributed by atoms with E-state index < -0.39 is 0 Å². The predicted molar refractivity (Wildman–Crippen MR) is 52.5 cm³/mol. The van der Waals surface area contributed by atoms with Crippen molar-refractivity contribution in [2.45, 2.75) is 6.54 Å². The number of nitrogens with zero attached hydrogens (tertiary/aromatic N) is 2. The lowest BCUT2D eigenvalue weighted by molar-refractivity contribution is 0.564. The second-order valence-electron chi connectivity index (χ2n) is 2.79. The third-order valence-corrected chi connectivity index (χ3v) is 1.71. The van der Waals surface area contributed by atoms with Crippen molar-refractivity contribution in [2.75, 3.05) is 11.1 Å². The van der Waals surface area contributed by atoms with Gasteiger partial charge in [0.05, 0.1) is 12.5 Å². The van der Waals surface area contributed by atoms with E-state index in [1.54, 1.807) is 24.8 Å². The zero-order valence-electron chi connectivity index (χ0n) is 7.47. The summed E-state index contributed by atoms with van der Waals surface area (Å²) in [7, 11) is 0. The molecular formula is C9H10N4O. The Morgan fingerprint density at radius 1 is 1.43 bits per heavy atom. The van der Waals surface area contributed by atoms with Crippen molar-refractivity contribution in [3.63, 3.8) is 0 Å². The Bertz CT molecular complexity index is 399. The summed E-state index contributed by atoms with van der Waals surface area (Å²) in [4.78, 5) is 8.00. The number of hydrogen-bond acceptors (Lipinski definition) is 5. The minimum atomic E-state index is 0.453. The van der Waals surface area contributed by atoms with Crippen LogP contribution in [0.2, 0.25) is 0 Å². The molecule has 0 aliphatic heterocycles. The number of anilines is 2. The zero-order chi connectivity index (χ0) is 9.80. The number of aromatic nitrogens is 2. The molecule has 0 spiro atoms. The molecule has 2 aromatic rings. The van der Waals surface area contributed by atoms with E-state index in [0.29, 0.717) is 18.3 Å². The first kappa shape index (κ1) is 8.55. The van der Waals surface area contributed by atoms with Crippen molar-refractivity contribution in [3.8, 4) is 0 Å². The Hall–Kier alpha value is -2.04. The maximum absolute atomic E-state index is 5.50. The van der Waals surface area contributed by atoms with Crippen LogP contribution in [0.5, 0.6) is 0 Å². The molecular weight excluding hydrogens is 180 g/mol. The third kappa shape index (κ3) is 2.01. The molecule has 0 saturated heterocycles. The SMILES string of the molecule is Nc1ccnc(NCc2ccoc2)n1. The number of nitrogens with one attached hydrogen (secondary N) is 1. The molecule has 0 fully saturated rings. The summed E-state index contributed by atoms with van der Waals surface area (Å²) in [5, 5.41) is 3.03. The minimum Gasteiger partial charge on any atom is -0.472 e. The van der Waals surface area contributed by atoms with Crippen LogP contribution in [0.25, 0.3) is 0 Å². The fourth-order valence-electron chi connectivity index (χ4n) is 1.03. The lowest BCUT2D eigenvalue weighted by Gasteiger charge is -2.02. The molecule has 0 unspecified atom stereocenters. The lowest BCUT2D eigenvalue weighted by Crippen LogP contribution is -2.03. The summed E-state index contributed by atoms with van der Waals surface area (Å²) in [5.41, 5.74) is 6.54. The molecule has 0 saturated carbocycles. The first-order valence-electron chi connectivity index (χ1n) is 4.18. The number of nitrogens with two attached hydrogens (primary N) is 1. The summed E-state index contributed by atoms with van der Waals surface area (Å²) < 4.78 is 4.92. The van der Waals surface area contributed by atoms with Gasteiger partial charge in [-0.25, -0.2) is 4.98 Å². The smallest absolute Gasteiger partial charge is 0.224 e. The molecule has 0 aromatic carbocycles. The van der Waals surface area contributed by atoms with Crippen molar-refractivity contribution in [1.82, 2.24) is 9.97 Å². The van der Waals surface area contributed by atoms with Gasteiger partial charge >= 0.3 is 0 Å². The molecule has 14 heavy (non-hydrogen) atoms. The van der Waals surface area contributed by atoms with Gasteiger partial charge in [-0.3, -0.25) is 0 Å². The van der Waals surface area contributed by atoms with E-state index in [2.05, 4.69) is 15.3 Å². The normalized spacial score (nSPS) is 10.0. The standard InChI is InChI=1S/C9H10N4O/c10-8-1-3-11-9(13-8)12-5-7-2-4-14-6-7/h1-4,6H,5H2,(H3,10,11,12,13). The topological polar surface area (TPSA) is 77.0 Å². The number of furan rings is 1. The average Bonchev–Trinajstić information content (AvgIpc) is 2.67. The first-order valence-corrected chi connectivity index (χ1v) is 4.18. The van der Waals surface area contributed by atoms with Gasteiger partial charge in [-0.05, 0) is 12.1 Å². The van der Waals surface area contributed by atoms with E-state index in [4.69, 9.17) is 10.2 Å². The van der Waals surface area contributed by atoms with Crippen molar-refractivity contribution >= 4 is 11.8 Å². The molecule has 0 amide bonds. The number of hydrogen-bond donors (Lipinski definition) is 2. The van der Waals surface area contributed by atoms with Crippen LogP contribution in [0.3, 0.4) is 0 Å². The largest absolute Gasteiger partial charge is 0.472 e. The summed E-state index contributed by atoms with van der Waals surface area (Å²) in [6.45, 7) is 0.625. The zero-order valence-corrected chi connectivity index (χ0v) is 7.47. The molecule has 72 valence electrons. The highest BCUT2D eigenvalue weighted by molar-refractivity contribution is 5.35. The first-order chi connectivity index (χ1) is 6.84. The number of rotatable bonds is 3. The molecule has 0 radical (unpaired) electrons. The Morgan fingerprint density at radius 3 is 3.07 bits per heavy atom. The van der Waals surface area contributed by atoms with Crippen molar-refractivity contribution < 1.29 is 4.42 Å². The van der Waals surface area contributed by atoms with E-state index >= 15 is 0 Å². The van der Waals surface area contributed by atoms with Gasteiger partial charge in [-0.1, -0.05) is 0 Å². The van der Waals surface area contributed by atoms with E-state index in [-0.39, 0.29) is 0 Å². The fourth-order valence-corrected chi connectivity index (χ4v) is 1.03. The molecule has 5 heteroatoms. The van der Waals surface area contributed by atoms with Crippen molar-refractivity contribution in [2.24, 2.45) is 0 Å². The molecule has 5 nitrogen and oxygen atoms in total. The highest BCUT2D eigenvalue weighted by Gasteiger charge is 1.97. The van der Waals surface area contributed by atoms with Gasteiger partial charge in [-0.2, -0.15) is 4.98 Å². The van der Waals surface area contributed by atoms with Gasteiger partial charge in [0, 0.05) is 18.3 Å². The summed E-state index contributed by atoms with van der Waals surface area (Å²) in [6.07, 6.45) is 4.90. The van der Waals surface area contributed by atoms with Crippen molar-refractivity contribution in [3.05, 3.63) is 36.4 Å². The second-order valence-corrected chi connectivity index (χ2v) is 2.79. The van der Waals surface area contributed by atoms with Gasteiger partial charge in [0.1, 0.15) is 5.82 Å². The molecule has 0 bridgehead atoms. The second kappa shape index (κ2) is 3.78. The van der Waals surface area contributed by atoms with Crippen LogP contribution in [-0.4, -0.2) is 9.97 Å². The predicted octanol–water partition coefficient (Wildman–Crippen LogP) is 1.26. The molecule has 3 N–H and O–H groups in total. The lowest BCUT2D eigenvalue weighted by atomic mass is 10.3. The third-order valence-electron chi connectivity index (χ3n) is 1.71. The Morgan fingerprint density at radius 2 is 2.36 bits per heavy atom. The summed E-state index contributed by atoms with van der Waals surface area (Å²) in [6, 6.07) is 3.52. The van der Waals surface area contributed by atoms with Crippen LogP contribution >= 0.6 is 0 Å². The van der Waals surface area contributed by atoms with Gasteiger partial charge < -0.3 is 15.5 Å². The minimum absolute atomic E-state index is 0.453. The Kier molecular flexibility index (Phi) is 2.31. The van der Waals surface area contributed by atoms with E-state index in [0.717, 1.165) is 5.56 Å². The quantitative estimate of drug-likeness (QED) is 0.762. The van der Waals surface area contributed by atoms with Crippen LogP contribution in [0.15, 0.2) is 35.3 Å². The molecule has 2 aromatic heterocycles. The fraction of sp³-hybridized carbons (Fsp3) is 0.111. The van der Waals surface area contributed by atoms with Crippen LogP contribution in [0, 0.1) is 0 Å². The van der Waals surface area contributed by atoms with Gasteiger partial charge in [-0.15, -0.1) is 0 Å².